The van der Waals surface area contributed by atoms with Crippen LogP contribution >= 0.6 is 0 Å². The normalized spacial score (nSPS) is 26.7. The summed E-state index contributed by atoms with van der Waals surface area (Å²) in [6.45, 7) is 4.67. The van der Waals surface area contributed by atoms with E-state index in [9.17, 15) is 14.7 Å². The number of carbonyl (C=O) groups excluding carboxylic acids is 2. The van der Waals surface area contributed by atoms with Crippen LogP contribution in [0.4, 0.5) is 4.79 Å². The van der Waals surface area contributed by atoms with Gasteiger partial charge in [-0.3, -0.25) is 4.79 Å². The highest BCUT2D eigenvalue weighted by atomic mass is 16.6. The average molecular weight is 313 g/mol. The van der Waals surface area contributed by atoms with Crippen molar-refractivity contribution >= 4 is 11.9 Å². The molecule has 2 rings (SSSR count). The summed E-state index contributed by atoms with van der Waals surface area (Å²) >= 11 is 0. The predicted molar refractivity (Wildman–Crippen MR) is 85.2 cm³/mol. The number of amides is 1. The Bertz CT molecular complexity index is 679. The fraction of sp³-hybridized carbons (Fsp3) is 0.444. The van der Waals surface area contributed by atoms with Crippen molar-refractivity contribution in [2.75, 3.05) is 13.1 Å². The van der Waals surface area contributed by atoms with Gasteiger partial charge >= 0.3 is 6.09 Å². The van der Waals surface area contributed by atoms with Crippen molar-refractivity contribution in [2.45, 2.75) is 38.4 Å². The molecule has 5 nitrogen and oxygen atoms in total. The maximum Gasteiger partial charge on any atom is 0.411 e. The Hall–Kier alpha value is -2.50. The molecular weight excluding hydrogens is 294 g/mol. The highest BCUT2D eigenvalue weighted by Crippen LogP contribution is 2.27. The van der Waals surface area contributed by atoms with Crippen LogP contribution in [0, 0.1) is 23.7 Å². The van der Waals surface area contributed by atoms with Gasteiger partial charge in [0.15, 0.2) is 11.7 Å². The molecule has 0 saturated carbocycles. The second-order valence-electron chi connectivity index (χ2n) is 5.21. The fourth-order valence-electron chi connectivity index (χ4n) is 2.42. The lowest BCUT2D eigenvalue weighted by Gasteiger charge is -2.29. The third-order valence-electron chi connectivity index (χ3n) is 3.77. The number of carbonyl (C=O) groups is 2. The largest absolute Gasteiger partial charge is 0.428 e. The van der Waals surface area contributed by atoms with Crippen molar-refractivity contribution in [3.63, 3.8) is 0 Å². The van der Waals surface area contributed by atoms with Gasteiger partial charge in [0, 0.05) is 18.7 Å². The van der Waals surface area contributed by atoms with Crippen LogP contribution in [0.15, 0.2) is 23.8 Å². The second kappa shape index (κ2) is 7.17. The first kappa shape index (κ1) is 16.9. The van der Waals surface area contributed by atoms with Gasteiger partial charge in [0.2, 0.25) is 5.78 Å². The molecule has 1 N–H and O–H groups in total. The molecule has 0 aromatic carbocycles. The van der Waals surface area contributed by atoms with Crippen molar-refractivity contribution in [2.24, 2.45) is 0 Å². The quantitative estimate of drug-likeness (QED) is 0.801. The highest BCUT2D eigenvalue weighted by Gasteiger charge is 2.41. The van der Waals surface area contributed by atoms with E-state index in [-0.39, 0.29) is 12.0 Å². The monoisotopic (exact) mass is 313 g/mol. The first-order chi connectivity index (χ1) is 11.0. The molecule has 120 valence electrons. The molecule has 2 aliphatic carbocycles. The van der Waals surface area contributed by atoms with Gasteiger partial charge in [0.25, 0.3) is 0 Å². The molecule has 2 unspecified atom stereocenters. The Balaban J connectivity index is 2.35. The molecule has 2 bridgehead atoms. The highest BCUT2D eigenvalue weighted by molar-refractivity contribution is 6.06. The summed E-state index contributed by atoms with van der Waals surface area (Å²) in [6, 6.07) is 0. The molecule has 0 radical (unpaired) electrons. The van der Waals surface area contributed by atoms with E-state index in [1.807, 2.05) is 13.8 Å². The standard InChI is InChI=1S/C18H19NO4/c1-3-19(4-2)17(21)23-15-11-7-5-6-8-12-18(22)13-9-10-14(15)16(18)20/h5-6,10,15,22H,3-4,9,13H2,1-2H3/b6-5-. The zero-order valence-electron chi connectivity index (χ0n) is 13.3. The zero-order valence-corrected chi connectivity index (χ0v) is 13.3. The van der Waals surface area contributed by atoms with E-state index in [4.69, 9.17) is 4.74 Å². The number of ketones is 1. The Morgan fingerprint density at radius 2 is 2.09 bits per heavy atom. The molecule has 1 amide bonds. The minimum absolute atomic E-state index is 0.191. The number of Topliss-reactive ketones (excluding diaryl/α,β-unsaturated/α-hetero) is 1. The lowest BCUT2D eigenvalue weighted by Crippen LogP contribution is -2.44. The molecule has 0 aromatic heterocycles. The van der Waals surface area contributed by atoms with Gasteiger partial charge in [-0.1, -0.05) is 23.8 Å². The first-order valence-corrected chi connectivity index (χ1v) is 7.63. The maximum atomic E-state index is 12.6. The summed E-state index contributed by atoms with van der Waals surface area (Å²) in [4.78, 5) is 26.2. The molecule has 0 fully saturated rings. The van der Waals surface area contributed by atoms with Crippen LogP contribution < -0.4 is 0 Å². The molecule has 23 heavy (non-hydrogen) atoms. The molecular formula is C18H19NO4. The summed E-state index contributed by atoms with van der Waals surface area (Å²) in [7, 11) is 0. The SMILES string of the molecule is CCN(CC)C(=O)OC1C#C/C=C\C#CC2(O)CCC=C1C2=O. The molecule has 2 aliphatic rings. The van der Waals surface area contributed by atoms with Crippen LogP contribution in [0.3, 0.4) is 0 Å². The fourth-order valence-corrected chi connectivity index (χ4v) is 2.42. The Labute approximate surface area is 136 Å². The predicted octanol–water partition coefficient (Wildman–Crippen LogP) is 1.43. The van der Waals surface area contributed by atoms with Crippen LogP contribution in [0.1, 0.15) is 26.7 Å². The lowest BCUT2D eigenvalue weighted by atomic mass is 9.81. The molecule has 0 aromatic rings. The van der Waals surface area contributed by atoms with E-state index >= 15 is 0 Å². The lowest BCUT2D eigenvalue weighted by molar-refractivity contribution is -0.130. The van der Waals surface area contributed by atoms with Crippen molar-refractivity contribution in [1.29, 1.82) is 0 Å². The van der Waals surface area contributed by atoms with Gasteiger partial charge < -0.3 is 14.7 Å². The zero-order chi connectivity index (χ0) is 16.9. The molecule has 5 heteroatoms. The number of rotatable bonds is 3. The van der Waals surface area contributed by atoms with Crippen LogP contribution in [0.2, 0.25) is 0 Å². The summed E-state index contributed by atoms with van der Waals surface area (Å²) in [5, 5.41) is 10.4. The third-order valence-corrected chi connectivity index (χ3v) is 3.77. The maximum absolute atomic E-state index is 12.6. The smallest absolute Gasteiger partial charge is 0.411 e. The molecule has 2 atom stereocenters. The van der Waals surface area contributed by atoms with Gasteiger partial charge in [-0.25, -0.2) is 4.79 Å². The third kappa shape index (κ3) is 3.64. The first-order valence-electron chi connectivity index (χ1n) is 7.63. The minimum Gasteiger partial charge on any atom is -0.428 e. The Morgan fingerprint density at radius 3 is 2.78 bits per heavy atom. The van der Waals surface area contributed by atoms with Gasteiger partial charge in [-0.2, -0.15) is 0 Å². The Morgan fingerprint density at radius 1 is 1.39 bits per heavy atom. The van der Waals surface area contributed by atoms with Crippen molar-refractivity contribution < 1.29 is 19.4 Å². The average Bonchev–Trinajstić information content (AvgIpc) is 2.52. The van der Waals surface area contributed by atoms with Gasteiger partial charge in [-0.15, -0.1) is 0 Å². The minimum atomic E-state index is -1.74. The van der Waals surface area contributed by atoms with E-state index in [1.54, 1.807) is 6.08 Å². The summed E-state index contributed by atoms with van der Waals surface area (Å²) in [6.07, 6.45) is 3.78. The molecule has 0 heterocycles. The number of hydrogen-bond donors (Lipinski definition) is 1. The van der Waals surface area contributed by atoms with Gasteiger partial charge in [-0.05, 0) is 44.8 Å². The van der Waals surface area contributed by atoms with Gasteiger partial charge in [0.05, 0.1) is 0 Å². The van der Waals surface area contributed by atoms with Gasteiger partial charge in [0.1, 0.15) is 0 Å². The van der Waals surface area contributed by atoms with E-state index in [2.05, 4.69) is 23.7 Å². The summed E-state index contributed by atoms with van der Waals surface area (Å²) in [5.74, 6) is 10.1. The number of hydrogen-bond acceptors (Lipinski definition) is 4. The number of aliphatic hydroxyl groups is 1. The number of nitrogens with zero attached hydrogens (tertiary/aromatic N) is 1. The van der Waals surface area contributed by atoms with E-state index in [0.29, 0.717) is 19.5 Å². The van der Waals surface area contributed by atoms with Crippen LogP contribution in [-0.4, -0.2) is 46.7 Å². The summed E-state index contributed by atoms with van der Waals surface area (Å²) in [5.41, 5.74) is -1.55. The van der Waals surface area contributed by atoms with Crippen molar-refractivity contribution in [1.82, 2.24) is 4.90 Å². The van der Waals surface area contributed by atoms with Crippen molar-refractivity contribution in [3.8, 4) is 23.7 Å². The van der Waals surface area contributed by atoms with Crippen LogP contribution in [0.5, 0.6) is 0 Å². The molecule has 0 aliphatic heterocycles. The van der Waals surface area contributed by atoms with E-state index in [1.165, 1.54) is 17.1 Å². The number of ether oxygens (including phenoxy) is 1. The second-order valence-corrected chi connectivity index (χ2v) is 5.21. The van der Waals surface area contributed by atoms with Crippen LogP contribution in [-0.2, 0) is 9.53 Å². The van der Waals surface area contributed by atoms with Crippen LogP contribution in [0.25, 0.3) is 0 Å². The molecule has 0 saturated heterocycles. The summed E-state index contributed by atoms with van der Waals surface area (Å²) < 4.78 is 5.40. The molecule has 0 spiro atoms. The van der Waals surface area contributed by atoms with E-state index < -0.39 is 23.6 Å². The number of fused-ring (bicyclic) bond motifs is 2. The van der Waals surface area contributed by atoms with Crippen molar-refractivity contribution in [3.05, 3.63) is 23.8 Å². The topological polar surface area (TPSA) is 66.8 Å². The Kier molecular flexibility index (Phi) is 5.26. The van der Waals surface area contributed by atoms with E-state index in [0.717, 1.165) is 0 Å². The number of allylic oxidation sites excluding steroid dienone is 3.